The normalized spacial score (nSPS) is 12.0. The number of anilines is 2. The van der Waals surface area contributed by atoms with E-state index in [1.165, 1.54) is 24.1 Å². The van der Waals surface area contributed by atoms with Gasteiger partial charge in [-0.1, -0.05) is 60.7 Å². The molecule has 0 fully saturated rings. The maximum atomic E-state index is 13.3. The van der Waals surface area contributed by atoms with Gasteiger partial charge in [0.25, 0.3) is 11.8 Å². The Kier molecular flexibility index (Phi) is 8.61. The first-order valence-corrected chi connectivity index (χ1v) is 13.8. The van der Waals surface area contributed by atoms with Gasteiger partial charge in [-0.15, -0.1) is 11.8 Å². The van der Waals surface area contributed by atoms with E-state index in [1.807, 2.05) is 61.5 Å². The van der Waals surface area contributed by atoms with Crippen LogP contribution in [-0.4, -0.2) is 23.0 Å². The summed E-state index contributed by atoms with van der Waals surface area (Å²) in [5.41, 5.74) is 1.71. The average Bonchev–Trinajstić information content (AvgIpc) is 3.51. The fraction of sp³-hybridized carbons (Fsp3) is 0.0606. The Balaban J connectivity index is 1.27. The molecule has 1 heterocycles. The van der Waals surface area contributed by atoms with Gasteiger partial charge in [-0.05, 0) is 60.8 Å². The summed E-state index contributed by atoms with van der Waals surface area (Å²) in [7, 11) is 0. The minimum atomic E-state index is -0.519. The van der Waals surface area contributed by atoms with Crippen molar-refractivity contribution in [2.75, 3.05) is 10.6 Å². The van der Waals surface area contributed by atoms with Crippen LogP contribution in [0.2, 0.25) is 0 Å². The molecule has 1 unspecified atom stereocenters. The van der Waals surface area contributed by atoms with E-state index in [2.05, 4.69) is 16.0 Å². The first-order valence-electron chi connectivity index (χ1n) is 12.9. The molecule has 41 heavy (non-hydrogen) atoms. The molecule has 5 rings (SSSR count). The number of carbonyl (C=O) groups excluding carboxylic acids is 3. The summed E-state index contributed by atoms with van der Waals surface area (Å²) < 4.78 is 5.35. The Morgan fingerprint density at radius 3 is 2.37 bits per heavy atom. The zero-order chi connectivity index (χ0) is 28.6. The Morgan fingerprint density at radius 2 is 1.56 bits per heavy atom. The number of benzene rings is 4. The Morgan fingerprint density at radius 1 is 0.805 bits per heavy atom. The number of hydrogen-bond acceptors (Lipinski definition) is 5. The van der Waals surface area contributed by atoms with Crippen LogP contribution in [0, 0.1) is 0 Å². The maximum Gasteiger partial charge on any atom is 0.272 e. The Hall–Kier alpha value is -5.08. The van der Waals surface area contributed by atoms with Crippen molar-refractivity contribution in [2.45, 2.75) is 17.1 Å². The predicted octanol–water partition coefficient (Wildman–Crippen LogP) is 6.96. The van der Waals surface area contributed by atoms with E-state index >= 15 is 0 Å². The van der Waals surface area contributed by atoms with Crippen LogP contribution < -0.4 is 16.0 Å². The van der Waals surface area contributed by atoms with Gasteiger partial charge in [-0.3, -0.25) is 14.4 Å². The van der Waals surface area contributed by atoms with Gasteiger partial charge in [-0.25, -0.2) is 0 Å². The van der Waals surface area contributed by atoms with Crippen molar-refractivity contribution in [3.05, 3.63) is 132 Å². The van der Waals surface area contributed by atoms with Crippen molar-refractivity contribution >= 4 is 57.7 Å². The molecule has 1 aromatic heterocycles. The molecule has 0 spiro atoms. The second-order valence-corrected chi connectivity index (χ2v) is 10.6. The number of carbonyl (C=O) groups is 3. The van der Waals surface area contributed by atoms with Crippen LogP contribution in [0.15, 0.2) is 130 Å². The van der Waals surface area contributed by atoms with Crippen molar-refractivity contribution < 1.29 is 18.8 Å². The molecule has 3 N–H and O–H groups in total. The third-order valence-corrected chi connectivity index (χ3v) is 7.27. The van der Waals surface area contributed by atoms with Gasteiger partial charge in [0.05, 0.1) is 11.5 Å². The van der Waals surface area contributed by atoms with E-state index in [9.17, 15) is 14.4 Å². The van der Waals surface area contributed by atoms with Crippen LogP contribution in [0.1, 0.15) is 23.0 Å². The van der Waals surface area contributed by atoms with Crippen LogP contribution in [-0.2, 0) is 9.59 Å². The lowest BCUT2D eigenvalue weighted by Crippen LogP contribution is -2.30. The smallest absolute Gasteiger partial charge is 0.272 e. The first kappa shape index (κ1) is 27.5. The highest BCUT2D eigenvalue weighted by Crippen LogP contribution is 2.28. The minimum absolute atomic E-state index is 0.0229. The molecule has 5 aromatic rings. The number of fused-ring (bicyclic) bond motifs is 1. The summed E-state index contributed by atoms with van der Waals surface area (Å²) in [6.07, 6.45) is 2.95. The van der Waals surface area contributed by atoms with E-state index in [0.29, 0.717) is 17.0 Å². The SMILES string of the molecule is CC(Sc1cccc(NC(=O)/C(=C/c2ccco2)NC(=O)c2ccccc2)c1)C(=O)Nc1cccc2ccccc12. The topological polar surface area (TPSA) is 100 Å². The molecule has 4 aromatic carbocycles. The van der Waals surface area contributed by atoms with Gasteiger partial charge in [0.1, 0.15) is 11.5 Å². The van der Waals surface area contributed by atoms with Gasteiger partial charge in [0.15, 0.2) is 0 Å². The lowest BCUT2D eigenvalue weighted by atomic mass is 10.1. The fourth-order valence-corrected chi connectivity index (χ4v) is 5.06. The summed E-state index contributed by atoms with van der Waals surface area (Å²) in [5.74, 6) is -0.657. The Labute approximate surface area is 241 Å². The lowest BCUT2D eigenvalue weighted by molar-refractivity contribution is -0.115. The van der Waals surface area contributed by atoms with Crippen molar-refractivity contribution in [3.63, 3.8) is 0 Å². The van der Waals surface area contributed by atoms with E-state index in [1.54, 1.807) is 54.6 Å². The standard InChI is InChI=1S/C33H27N3O4S/c1-22(31(37)35-29-18-7-13-23-10-5-6-17-28(23)29)41-27-16-8-14-25(20-27)34-33(39)30(21-26-15-9-19-40-26)36-32(38)24-11-3-2-4-12-24/h2-22H,1H3,(H,34,39)(H,35,37)(H,36,38)/b30-21-. The van der Waals surface area contributed by atoms with Crippen molar-refractivity contribution in [3.8, 4) is 0 Å². The molecule has 0 radical (unpaired) electrons. The zero-order valence-corrected chi connectivity index (χ0v) is 23.0. The monoisotopic (exact) mass is 561 g/mol. The van der Waals surface area contributed by atoms with Crippen molar-refractivity contribution in [1.82, 2.24) is 5.32 Å². The number of nitrogens with one attached hydrogen (secondary N) is 3. The molecular formula is C33H27N3O4S. The summed E-state index contributed by atoms with van der Waals surface area (Å²) in [6, 6.07) is 32.9. The van der Waals surface area contributed by atoms with E-state index < -0.39 is 17.1 Å². The molecule has 0 bridgehead atoms. The highest BCUT2D eigenvalue weighted by molar-refractivity contribution is 8.00. The lowest BCUT2D eigenvalue weighted by Gasteiger charge is -2.15. The number of thioether (sulfide) groups is 1. The highest BCUT2D eigenvalue weighted by atomic mass is 32.2. The second-order valence-electron chi connectivity index (χ2n) is 9.15. The van der Waals surface area contributed by atoms with Gasteiger partial charge in [-0.2, -0.15) is 0 Å². The fourth-order valence-electron chi connectivity index (χ4n) is 4.13. The highest BCUT2D eigenvalue weighted by Gasteiger charge is 2.18. The molecule has 204 valence electrons. The van der Waals surface area contributed by atoms with Crippen LogP contribution in [0.3, 0.4) is 0 Å². The molecular weight excluding hydrogens is 534 g/mol. The van der Waals surface area contributed by atoms with Crippen LogP contribution in [0.25, 0.3) is 16.8 Å². The van der Waals surface area contributed by atoms with E-state index in [4.69, 9.17) is 4.42 Å². The number of furan rings is 1. The molecule has 8 heteroatoms. The second kappa shape index (κ2) is 12.8. The van der Waals surface area contributed by atoms with Gasteiger partial charge >= 0.3 is 0 Å². The summed E-state index contributed by atoms with van der Waals surface area (Å²) >= 11 is 1.37. The molecule has 0 saturated carbocycles. The van der Waals surface area contributed by atoms with E-state index in [-0.39, 0.29) is 11.6 Å². The van der Waals surface area contributed by atoms with Gasteiger partial charge in [0.2, 0.25) is 5.91 Å². The quantitative estimate of drug-likeness (QED) is 0.133. The van der Waals surface area contributed by atoms with Gasteiger partial charge < -0.3 is 20.4 Å². The third kappa shape index (κ3) is 7.12. The Bertz CT molecular complexity index is 1710. The van der Waals surface area contributed by atoms with Gasteiger partial charge in [0, 0.05) is 33.3 Å². The largest absolute Gasteiger partial charge is 0.465 e. The average molecular weight is 562 g/mol. The summed E-state index contributed by atoms with van der Waals surface area (Å²) in [6.45, 7) is 1.83. The maximum absolute atomic E-state index is 13.3. The number of rotatable bonds is 9. The number of hydrogen-bond donors (Lipinski definition) is 3. The molecule has 0 aliphatic rings. The molecule has 0 aliphatic carbocycles. The van der Waals surface area contributed by atoms with Crippen molar-refractivity contribution in [1.29, 1.82) is 0 Å². The summed E-state index contributed by atoms with van der Waals surface area (Å²) in [4.78, 5) is 39.9. The predicted molar refractivity (Wildman–Crippen MR) is 164 cm³/mol. The molecule has 7 nitrogen and oxygen atoms in total. The zero-order valence-electron chi connectivity index (χ0n) is 22.2. The number of amides is 3. The minimum Gasteiger partial charge on any atom is -0.465 e. The molecule has 0 aliphatic heterocycles. The van der Waals surface area contributed by atoms with Crippen molar-refractivity contribution in [2.24, 2.45) is 0 Å². The summed E-state index contributed by atoms with van der Waals surface area (Å²) in [5, 5.41) is 10.2. The molecule has 1 atom stereocenters. The first-order chi connectivity index (χ1) is 20.0. The van der Waals surface area contributed by atoms with Crippen LogP contribution in [0.4, 0.5) is 11.4 Å². The third-order valence-electron chi connectivity index (χ3n) is 6.18. The van der Waals surface area contributed by atoms with E-state index in [0.717, 1.165) is 21.4 Å². The van der Waals surface area contributed by atoms with Crippen LogP contribution >= 0.6 is 11.8 Å². The molecule has 3 amide bonds. The van der Waals surface area contributed by atoms with Crippen LogP contribution in [0.5, 0.6) is 0 Å². The molecule has 0 saturated heterocycles.